The fourth-order valence-electron chi connectivity index (χ4n) is 1.92. The second kappa shape index (κ2) is 8.37. The van der Waals surface area contributed by atoms with E-state index in [1.807, 2.05) is 0 Å². The zero-order valence-electron chi connectivity index (χ0n) is 11.7. The quantitative estimate of drug-likeness (QED) is 0.741. The molecule has 2 N–H and O–H groups in total. The number of hydrogen-bond acceptors (Lipinski definition) is 3. The van der Waals surface area contributed by atoms with Crippen molar-refractivity contribution in [1.29, 1.82) is 0 Å². The van der Waals surface area contributed by atoms with Crippen molar-refractivity contribution >= 4 is 5.91 Å². The summed E-state index contributed by atoms with van der Waals surface area (Å²) in [4.78, 5) is 12.9. The van der Waals surface area contributed by atoms with Crippen molar-refractivity contribution in [1.82, 2.24) is 4.90 Å². The van der Waals surface area contributed by atoms with Crippen molar-refractivity contribution in [2.45, 2.75) is 51.4 Å². The van der Waals surface area contributed by atoms with Crippen LogP contribution in [0.3, 0.4) is 0 Å². The minimum absolute atomic E-state index is 0.102. The molecular formula is C12H23F3N2O2. The van der Waals surface area contributed by atoms with Crippen LogP contribution in [-0.2, 0) is 9.53 Å². The van der Waals surface area contributed by atoms with E-state index in [0.29, 0.717) is 12.8 Å². The Labute approximate surface area is 112 Å². The Morgan fingerprint density at radius 2 is 1.84 bits per heavy atom. The third kappa shape index (κ3) is 6.77. The molecule has 0 aliphatic carbocycles. The summed E-state index contributed by atoms with van der Waals surface area (Å²) in [6, 6.07) is -0.413. The maximum Gasteiger partial charge on any atom is 0.406 e. The van der Waals surface area contributed by atoms with E-state index in [1.54, 1.807) is 13.8 Å². The van der Waals surface area contributed by atoms with Crippen molar-refractivity contribution in [3.8, 4) is 0 Å². The molecule has 0 radical (unpaired) electrons. The van der Waals surface area contributed by atoms with Crippen LogP contribution in [0.1, 0.15) is 33.1 Å². The van der Waals surface area contributed by atoms with Gasteiger partial charge in [-0.1, -0.05) is 13.8 Å². The van der Waals surface area contributed by atoms with Gasteiger partial charge in [0.25, 0.3) is 0 Å². The first-order chi connectivity index (χ1) is 8.78. The van der Waals surface area contributed by atoms with Crippen molar-refractivity contribution < 1.29 is 22.7 Å². The van der Waals surface area contributed by atoms with Crippen LogP contribution >= 0.6 is 0 Å². The third-order valence-corrected chi connectivity index (χ3v) is 3.05. The average molecular weight is 284 g/mol. The van der Waals surface area contributed by atoms with Gasteiger partial charge in [-0.05, 0) is 12.8 Å². The number of carbonyl (C=O) groups excluding carboxylic acids is 1. The number of halogens is 3. The highest BCUT2D eigenvalue weighted by molar-refractivity contribution is 5.77. The van der Waals surface area contributed by atoms with Gasteiger partial charge in [-0.2, -0.15) is 13.2 Å². The van der Waals surface area contributed by atoms with E-state index in [1.165, 1.54) is 7.11 Å². The van der Waals surface area contributed by atoms with Gasteiger partial charge in [0.1, 0.15) is 6.54 Å². The Kier molecular flexibility index (Phi) is 8.01. The van der Waals surface area contributed by atoms with Gasteiger partial charge < -0.3 is 15.4 Å². The van der Waals surface area contributed by atoms with Crippen LogP contribution < -0.4 is 5.73 Å². The van der Waals surface area contributed by atoms with Gasteiger partial charge in [0.15, 0.2) is 0 Å². The van der Waals surface area contributed by atoms with Crippen LogP contribution in [-0.4, -0.2) is 49.3 Å². The summed E-state index contributed by atoms with van der Waals surface area (Å²) in [5.74, 6) is -0.566. The number of alkyl halides is 3. The molecule has 0 spiro atoms. The lowest BCUT2D eigenvalue weighted by molar-refractivity contribution is -0.167. The van der Waals surface area contributed by atoms with E-state index in [2.05, 4.69) is 0 Å². The summed E-state index contributed by atoms with van der Waals surface area (Å²) in [6.45, 7) is 2.41. The molecule has 0 aromatic rings. The molecule has 19 heavy (non-hydrogen) atoms. The van der Waals surface area contributed by atoms with Crippen molar-refractivity contribution in [2.75, 3.05) is 20.2 Å². The molecule has 0 rings (SSSR count). The number of amides is 1. The number of rotatable bonds is 8. The highest BCUT2D eigenvalue weighted by Crippen LogP contribution is 2.21. The summed E-state index contributed by atoms with van der Waals surface area (Å²) in [6.07, 6.45) is -4.10. The molecule has 1 amide bonds. The van der Waals surface area contributed by atoms with E-state index in [0.717, 1.165) is 4.90 Å². The fraction of sp³-hybridized carbons (Fsp3) is 0.917. The predicted octanol–water partition coefficient (Wildman–Crippen LogP) is 1.93. The van der Waals surface area contributed by atoms with Crippen LogP contribution in [0, 0.1) is 0 Å². The number of carbonyl (C=O) groups is 1. The molecule has 0 saturated heterocycles. The lowest BCUT2D eigenvalue weighted by Crippen LogP contribution is -2.46. The monoisotopic (exact) mass is 284 g/mol. The van der Waals surface area contributed by atoms with Gasteiger partial charge in [0.2, 0.25) is 5.91 Å². The lowest BCUT2D eigenvalue weighted by atomic mass is 10.1. The second-order valence-electron chi connectivity index (χ2n) is 4.40. The molecular weight excluding hydrogens is 261 g/mol. The molecule has 7 heteroatoms. The largest absolute Gasteiger partial charge is 0.406 e. The maximum atomic E-state index is 12.6. The normalized spacial score (nSPS) is 13.7. The van der Waals surface area contributed by atoms with Gasteiger partial charge >= 0.3 is 6.18 Å². The highest BCUT2D eigenvalue weighted by atomic mass is 19.4. The van der Waals surface area contributed by atoms with E-state index in [4.69, 9.17) is 10.5 Å². The lowest BCUT2D eigenvalue weighted by Gasteiger charge is -2.32. The molecule has 0 aliphatic heterocycles. The van der Waals surface area contributed by atoms with Crippen molar-refractivity contribution in [2.24, 2.45) is 5.73 Å². The minimum atomic E-state index is -4.40. The van der Waals surface area contributed by atoms with Gasteiger partial charge in [0, 0.05) is 19.7 Å². The van der Waals surface area contributed by atoms with Crippen LogP contribution in [0.2, 0.25) is 0 Å². The fourth-order valence-corrected chi connectivity index (χ4v) is 1.92. The standard InChI is InChI=1S/C12H23F3N2O2/c1-4-9(5-2)17(8-12(13,14)15)11(18)6-10(7-16)19-3/h9-10H,4-8,16H2,1-3H3. The summed E-state index contributed by atoms with van der Waals surface area (Å²) in [7, 11) is 1.38. The highest BCUT2D eigenvalue weighted by Gasteiger charge is 2.35. The van der Waals surface area contributed by atoms with E-state index >= 15 is 0 Å². The maximum absolute atomic E-state index is 12.6. The smallest absolute Gasteiger partial charge is 0.380 e. The van der Waals surface area contributed by atoms with Gasteiger partial charge in [0.05, 0.1) is 12.5 Å². The molecule has 0 aromatic carbocycles. The minimum Gasteiger partial charge on any atom is -0.380 e. The Morgan fingerprint density at radius 3 is 2.16 bits per heavy atom. The van der Waals surface area contributed by atoms with Crippen LogP contribution in [0.15, 0.2) is 0 Å². The van der Waals surface area contributed by atoms with E-state index in [-0.39, 0.29) is 13.0 Å². The number of nitrogens with two attached hydrogens (primary N) is 1. The molecule has 0 fully saturated rings. The molecule has 0 aromatic heterocycles. The van der Waals surface area contributed by atoms with Gasteiger partial charge in [-0.25, -0.2) is 0 Å². The second-order valence-corrected chi connectivity index (χ2v) is 4.40. The molecule has 1 atom stereocenters. The Balaban J connectivity index is 4.86. The summed E-state index contributed by atoms with van der Waals surface area (Å²) < 4.78 is 42.6. The zero-order chi connectivity index (χ0) is 15.1. The number of ether oxygens (including phenoxy) is 1. The number of hydrogen-bond donors (Lipinski definition) is 1. The number of nitrogens with zero attached hydrogens (tertiary/aromatic N) is 1. The molecule has 1 unspecified atom stereocenters. The molecule has 114 valence electrons. The first-order valence-electron chi connectivity index (χ1n) is 6.38. The van der Waals surface area contributed by atoms with Gasteiger partial charge in [-0.3, -0.25) is 4.79 Å². The Hall–Kier alpha value is -0.820. The first kappa shape index (κ1) is 18.2. The number of methoxy groups -OCH3 is 1. The van der Waals surface area contributed by atoms with Gasteiger partial charge in [-0.15, -0.1) is 0 Å². The first-order valence-corrected chi connectivity index (χ1v) is 6.38. The topological polar surface area (TPSA) is 55.6 Å². The van der Waals surface area contributed by atoms with Crippen molar-refractivity contribution in [3.63, 3.8) is 0 Å². The summed E-state index contributed by atoms with van der Waals surface area (Å²) >= 11 is 0. The van der Waals surface area contributed by atoms with Crippen LogP contribution in [0.4, 0.5) is 13.2 Å². The Morgan fingerprint density at radius 1 is 1.32 bits per heavy atom. The average Bonchev–Trinajstić information content (AvgIpc) is 2.34. The van der Waals surface area contributed by atoms with Crippen LogP contribution in [0.25, 0.3) is 0 Å². The molecule has 0 saturated carbocycles. The van der Waals surface area contributed by atoms with E-state index in [9.17, 15) is 18.0 Å². The van der Waals surface area contributed by atoms with E-state index < -0.39 is 30.8 Å². The van der Waals surface area contributed by atoms with Crippen molar-refractivity contribution in [3.05, 3.63) is 0 Å². The molecule has 0 heterocycles. The summed E-state index contributed by atoms with van der Waals surface area (Å²) in [5.41, 5.74) is 5.38. The molecule has 0 aliphatic rings. The Bertz CT molecular complexity index is 264. The molecule has 4 nitrogen and oxygen atoms in total. The molecule has 0 bridgehead atoms. The predicted molar refractivity (Wildman–Crippen MR) is 66.6 cm³/mol. The SMILES string of the molecule is CCC(CC)N(CC(F)(F)F)C(=O)CC(CN)OC. The third-order valence-electron chi connectivity index (χ3n) is 3.05. The van der Waals surface area contributed by atoms with Crippen LogP contribution in [0.5, 0.6) is 0 Å². The summed E-state index contributed by atoms with van der Waals surface area (Å²) in [5, 5.41) is 0. The zero-order valence-corrected chi connectivity index (χ0v) is 11.7.